The number of hydrogen-bond acceptors (Lipinski definition) is 28. The van der Waals surface area contributed by atoms with E-state index < -0.39 is 29.8 Å². The first kappa shape index (κ1) is 107. The zero-order valence-corrected chi connectivity index (χ0v) is 72.8. The third kappa shape index (κ3) is 40.8. The van der Waals surface area contributed by atoms with Crippen LogP contribution in [-0.2, 0) is 18.9 Å². The van der Waals surface area contributed by atoms with Crippen LogP contribution in [0.15, 0.2) is 231 Å². The number of esters is 3. The monoisotopic (exact) mass is 1770 g/mol. The van der Waals surface area contributed by atoms with Crippen molar-refractivity contribution in [3.63, 3.8) is 0 Å². The van der Waals surface area contributed by atoms with Crippen LogP contribution >= 0.6 is 23.2 Å². The van der Waals surface area contributed by atoms with Gasteiger partial charge in [-0.3, -0.25) is 48.9 Å². The molecule has 0 unspecified atom stereocenters. The summed E-state index contributed by atoms with van der Waals surface area (Å²) in [6.07, 6.45) is 12.8. The van der Waals surface area contributed by atoms with Crippen molar-refractivity contribution >= 4 is 88.6 Å². The first-order valence-electron chi connectivity index (χ1n) is 36.7. The third-order valence-corrected chi connectivity index (χ3v) is 15.1. The summed E-state index contributed by atoms with van der Waals surface area (Å²) in [6.45, 7) is 8.07. The molecule has 8 heterocycles. The Morgan fingerprint density at radius 1 is 0.344 bits per heavy atom. The fraction of sp³-hybridized carbons (Fsp3) is 0.186. The largest absolute Gasteiger partial charge is 1.00 e. The number of nitrogens with one attached hydrogen (secondary N) is 5. The molecule has 0 atom stereocenters. The zero-order chi connectivity index (χ0) is 90.4. The van der Waals surface area contributed by atoms with Crippen LogP contribution in [0.4, 0.5) is 0 Å². The Morgan fingerprint density at radius 3 is 0.968 bits per heavy atom. The molecule has 652 valence electrons. The van der Waals surface area contributed by atoms with Crippen molar-refractivity contribution in [2.24, 2.45) is 0 Å². The van der Waals surface area contributed by atoms with Gasteiger partial charge in [-0.1, -0.05) is 41.4 Å². The second kappa shape index (κ2) is 60.3. The van der Waals surface area contributed by atoms with Gasteiger partial charge in [0.1, 0.15) is 85.9 Å². The molecule has 1 aliphatic heterocycles. The second-order valence-corrected chi connectivity index (χ2v) is 24.2. The summed E-state index contributed by atoms with van der Waals surface area (Å²) in [7, 11) is 8.93. The Hall–Kier alpha value is -14.2. The number of aliphatic hydroxyl groups is 1. The number of carbonyl (C=O) groups excluding carboxylic acids is 8. The van der Waals surface area contributed by atoms with E-state index in [-0.39, 0.29) is 122 Å². The molecule has 125 heavy (non-hydrogen) atoms. The predicted octanol–water partition coefficient (Wildman–Crippen LogP) is 9.70. The van der Waals surface area contributed by atoms with E-state index in [4.69, 9.17) is 76.8 Å². The minimum Gasteiger partial charge on any atom is -0.870 e. The van der Waals surface area contributed by atoms with Gasteiger partial charge in [0.15, 0.2) is 0 Å². The standard InChI is InChI=1S/2C16H16N2O4.2C14H12N2O4.C7H7ClN2O.C7H6ClNO2.C6H5NO2.C4H8O.C2H6O.Na.H2O/c1-3-21-16(20)11-4-6-12(7-5-11)22-13-8-9-18-14(10-13)15(19)17-2;1-3-21-16(20)11-5-4-6-12(9-11)22-13-7-8-18-14(10-13)15(19)17-2;1-15-13(17)12-8-11(6-7-16-12)20-10-4-2-9(3-5-10)14(18)19;1-15-13(17)12-8-11(5-6-16-12)20-10-4-2-3-9(7-10)14(18)19;1-9-7(11)6-4-5(8)2-3-10-6;1-11-7(10)6-4-5(8)2-3-9-6;8-6(9)5-3-1-2-4-7-5;1-2-4-5-3-1;1-2-3;;/h2*4-10H,3H2,1-2H3,(H,17,19);2*2-8H,1H3,(H,15,17)(H,18,19);2-4H,1H3,(H,9,11);2-4H,1H3;1-4H,(H,8,9);1-4H2;3H,2H2,1H3;;1H2/q;;;;;;;;;+1;/p-1. The Kier molecular flexibility index (Phi) is 51.5. The molecule has 0 saturated carbocycles. The maximum absolute atomic E-state index is 11.7. The number of carbonyl (C=O) groups is 11. The fourth-order valence-electron chi connectivity index (χ4n) is 8.86. The topological polar surface area (TPSA) is 523 Å². The molecule has 0 spiro atoms. The molecular weight excluding hydrogens is 1680 g/mol. The van der Waals surface area contributed by atoms with E-state index in [0.29, 0.717) is 86.1 Å². The van der Waals surface area contributed by atoms with Crippen molar-refractivity contribution in [1.29, 1.82) is 0 Å². The van der Waals surface area contributed by atoms with E-state index in [1.165, 1.54) is 158 Å². The SMILES string of the molecule is C1CCOC1.CCO.CCOC(=O)c1ccc(Oc2ccnc(C(=O)NC)c2)cc1.CCOC(=O)c1cccc(Oc2ccnc(C(=O)NC)c2)c1.CNC(=O)c1cc(Cl)ccn1.CNC(=O)c1cc(Oc2ccc(C(=O)O)cc2)ccn1.CNC(=O)c1cc(Oc2cccc(C(=O)O)c2)ccn1.COC(=O)c1cc(Cl)ccn1.O=C(O)c1ccccn1.[Na+].[OH-]. The van der Waals surface area contributed by atoms with Gasteiger partial charge in [0.05, 0.1) is 42.6 Å². The summed E-state index contributed by atoms with van der Waals surface area (Å²) in [4.78, 5) is 150. The van der Waals surface area contributed by atoms with E-state index in [1.54, 1.807) is 149 Å². The van der Waals surface area contributed by atoms with Crippen molar-refractivity contribution in [3.05, 3.63) is 304 Å². The number of aromatic nitrogens is 7. The number of carboxylic acids is 3. The van der Waals surface area contributed by atoms with Crippen LogP contribution in [0.25, 0.3) is 0 Å². The van der Waals surface area contributed by atoms with Gasteiger partial charge in [0.25, 0.3) is 29.5 Å². The van der Waals surface area contributed by atoms with Gasteiger partial charge in [0, 0.05) is 133 Å². The summed E-state index contributed by atoms with van der Waals surface area (Å²) in [5.74, 6) is -2.08. The number of carboxylic acid groups (broad SMARTS) is 3. The molecule has 12 rings (SSSR count). The third-order valence-electron chi connectivity index (χ3n) is 14.6. The summed E-state index contributed by atoms with van der Waals surface area (Å²) in [5, 5.41) is 46.9. The maximum Gasteiger partial charge on any atom is 1.00 e. The van der Waals surface area contributed by atoms with Gasteiger partial charge in [-0.25, -0.2) is 38.7 Å². The average Bonchev–Trinajstić information content (AvgIpc) is 1.20. The molecule has 4 aromatic carbocycles. The number of aromatic carboxylic acids is 3. The first-order chi connectivity index (χ1) is 59.2. The van der Waals surface area contributed by atoms with Crippen molar-refractivity contribution in [2.75, 3.05) is 75.4 Å². The van der Waals surface area contributed by atoms with Gasteiger partial charge in [-0.15, -0.1) is 0 Å². The Labute approximate surface area is 750 Å². The van der Waals surface area contributed by atoms with Gasteiger partial charge >= 0.3 is 65.4 Å². The fourth-order valence-corrected chi connectivity index (χ4v) is 9.18. The molecule has 7 aromatic heterocycles. The smallest absolute Gasteiger partial charge is 0.870 e. The van der Waals surface area contributed by atoms with Gasteiger partial charge < -0.3 is 90.4 Å². The number of amides is 5. The van der Waals surface area contributed by atoms with Gasteiger partial charge in [0.2, 0.25) is 0 Å². The van der Waals surface area contributed by atoms with Crippen molar-refractivity contribution in [1.82, 2.24) is 61.5 Å². The molecule has 36 nitrogen and oxygen atoms in total. The van der Waals surface area contributed by atoms with Crippen LogP contribution in [0.2, 0.25) is 10.0 Å². The Morgan fingerprint density at radius 2 is 0.656 bits per heavy atom. The number of nitrogens with zero attached hydrogens (tertiary/aromatic N) is 7. The molecule has 0 bridgehead atoms. The molecule has 11 aromatic rings. The summed E-state index contributed by atoms with van der Waals surface area (Å²) >= 11 is 11.2. The van der Waals surface area contributed by atoms with Crippen LogP contribution < -0.4 is 75.1 Å². The van der Waals surface area contributed by atoms with Crippen LogP contribution in [0.3, 0.4) is 0 Å². The number of methoxy groups -OCH3 is 1. The van der Waals surface area contributed by atoms with E-state index in [9.17, 15) is 52.7 Å². The number of pyridine rings is 7. The summed E-state index contributed by atoms with van der Waals surface area (Å²) in [5.41, 5.74) is 2.78. The minimum atomic E-state index is -1.03. The molecule has 1 fully saturated rings. The van der Waals surface area contributed by atoms with Crippen molar-refractivity contribution < 1.29 is 146 Å². The maximum atomic E-state index is 11.7. The van der Waals surface area contributed by atoms with Crippen LogP contribution in [-0.4, -0.2) is 202 Å². The zero-order valence-electron chi connectivity index (χ0n) is 69.3. The van der Waals surface area contributed by atoms with Gasteiger partial charge in [-0.2, -0.15) is 0 Å². The summed E-state index contributed by atoms with van der Waals surface area (Å²) < 4.78 is 41.6. The Bertz CT molecular complexity index is 5200. The molecule has 10 N–H and O–H groups in total. The molecule has 39 heteroatoms. The molecule has 0 radical (unpaired) electrons. The van der Waals surface area contributed by atoms with Crippen molar-refractivity contribution in [3.8, 4) is 46.0 Å². The number of aliphatic hydroxyl groups excluding tert-OH is 1. The molecular formula is C86H89Cl2N12NaO24. The normalized spacial score (nSPS) is 10.0. The van der Waals surface area contributed by atoms with E-state index in [2.05, 4.69) is 66.2 Å². The molecule has 1 saturated heterocycles. The van der Waals surface area contributed by atoms with Crippen molar-refractivity contribution in [2.45, 2.75) is 33.6 Å². The average molecular weight is 1770 g/mol. The second-order valence-electron chi connectivity index (χ2n) is 23.3. The summed E-state index contributed by atoms with van der Waals surface area (Å²) in [6, 6.07) is 48.7. The number of hydrogen-bond donors (Lipinski definition) is 9. The van der Waals surface area contributed by atoms with E-state index in [1.807, 2.05) is 0 Å². The number of benzene rings is 4. The number of halogens is 2. The predicted molar refractivity (Wildman–Crippen MR) is 452 cm³/mol. The number of ether oxygens (including phenoxy) is 8. The van der Waals surface area contributed by atoms with Gasteiger partial charge in [-0.05, 0) is 179 Å². The molecule has 5 amide bonds. The van der Waals surface area contributed by atoms with Crippen LogP contribution in [0.5, 0.6) is 46.0 Å². The minimum absolute atomic E-state index is 0. The molecule has 1 aliphatic rings. The quantitative estimate of drug-likeness (QED) is 0.0183. The van der Waals surface area contributed by atoms with Crippen LogP contribution in [0.1, 0.15) is 148 Å². The molecule has 0 aliphatic carbocycles. The van der Waals surface area contributed by atoms with Crippen LogP contribution in [0, 0.1) is 0 Å². The van der Waals surface area contributed by atoms with E-state index in [0.717, 1.165) is 13.2 Å². The van der Waals surface area contributed by atoms with E-state index >= 15 is 0 Å². The first-order valence-corrected chi connectivity index (χ1v) is 37.4. The number of rotatable bonds is 21. The Balaban J connectivity index is 0.000000494.